The Labute approximate surface area is 98.8 Å². The van der Waals surface area contributed by atoms with E-state index < -0.39 is 5.97 Å². The SMILES string of the molecule is Cc1sc(/C=C/C(=O)O)nc1C1CCCC1. The second kappa shape index (κ2) is 4.78. The molecule has 3 nitrogen and oxygen atoms in total. The van der Waals surface area contributed by atoms with Crippen LogP contribution < -0.4 is 0 Å². The highest BCUT2D eigenvalue weighted by atomic mass is 32.1. The van der Waals surface area contributed by atoms with E-state index in [0.29, 0.717) is 5.92 Å². The van der Waals surface area contributed by atoms with E-state index in [4.69, 9.17) is 5.11 Å². The number of hydrogen-bond donors (Lipinski definition) is 1. The summed E-state index contributed by atoms with van der Waals surface area (Å²) in [5.41, 5.74) is 1.19. The third-order valence-electron chi connectivity index (χ3n) is 2.96. The largest absolute Gasteiger partial charge is 0.478 e. The second-order valence-corrected chi connectivity index (χ2v) is 5.38. The first-order chi connectivity index (χ1) is 7.66. The summed E-state index contributed by atoms with van der Waals surface area (Å²) in [6.07, 6.45) is 7.78. The predicted molar refractivity (Wildman–Crippen MR) is 64.7 cm³/mol. The lowest BCUT2D eigenvalue weighted by Gasteiger charge is -2.05. The molecule has 1 saturated carbocycles. The number of aliphatic carboxylic acids is 1. The highest BCUT2D eigenvalue weighted by Gasteiger charge is 2.21. The number of thiazole rings is 1. The fourth-order valence-electron chi connectivity index (χ4n) is 2.22. The highest BCUT2D eigenvalue weighted by Crippen LogP contribution is 2.36. The van der Waals surface area contributed by atoms with Crippen LogP contribution in [0, 0.1) is 6.92 Å². The van der Waals surface area contributed by atoms with Crippen molar-refractivity contribution in [1.29, 1.82) is 0 Å². The Balaban J connectivity index is 2.17. The fraction of sp³-hybridized carbons (Fsp3) is 0.500. The minimum Gasteiger partial charge on any atom is -0.478 e. The smallest absolute Gasteiger partial charge is 0.328 e. The Kier molecular flexibility index (Phi) is 3.39. The van der Waals surface area contributed by atoms with E-state index in [1.807, 2.05) is 0 Å². The van der Waals surface area contributed by atoms with E-state index in [2.05, 4.69) is 11.9 Å². The number of carboxylic acids is 1. The molecule has 16 heavy (non-hydrogen) atoms. The van der Waals surface area contributed by atoms with Gasteiger partial charge in [-0.1, -0.05) is 12.8 Å². The normalized spacial score (nSPS) is 17.3. The first-order valence-electron chi connectivity index (χ1n) is 5.55. The van der Waals surface area contributed by atoms with Gasteiger partial charge in [0.1, 0.15) is 5.01 Å². The molecule has 0 aromatic carbocycles. The maximum atomic E-state index is 10.4. The van der Waals surface area contributed by atoms with Crippen LogP contribution in [0.5, 0.6) is 0 Å². The summed E-state index contributed by atoms with van der Waals surface area (Å²) in [6.45, 7) is 2.07. The van der Waals surface area contributed by atoms with Gasteiger partial charge in [-0.3, -0.25) is 0 Å². The Morgan fingerprint density at radius 1 is 1.50 bits per heavy atom. The number of rotatable bonds is 3. The lowest BCUT2D eigenvalue weighted by Crippen LogP contribution is -1.94. The molecule has 0 atom stereocenters. The summed E-state index contributed by atoms with van der Waals surface area (Å²) in [6, 6.07) is 0. The molecule has 0 amide bonds. The van der Waals surface area contributed by atoms with Gasteiger partial charge in [0.25, 0.3) is 0 Å². The molecular formula is C12H15NO2S. The van der Waals surface area contributed by atoms with E-state index in [1.165, 1.54) is 36.3 Å². The van der Waals surface area contributed by atoms with Gasteiger partial charge in [0, 0.05) is 16.9 Å². The van der Waals surface area contributed by atoms with Crippen molar-refractivity contribution in [3.8, 4) is 0 Å². The summed E-state index contributed by atoms with van der Waals surface area (Å²) in [5.74, 6) is -0.321. The summed E-state index contributed by atoms with van der Waals surface area (Å²) < 4.78 is 0. The van der Waals surface area contributed by atoms with Crippen molar-refractivity contribution in [3.05, 3.63) is 21.7 Å². The Morgan fingerprint density at radius 2 is 2.19 bits per heavy atom. The molecule has 0 unspecified atom stereocenters. The molecule has 2 rings (SSSR count). The molecule has 4 heteroatoms. The topological polar surface area (TPSA) is 50.2 Å². The van der Waals surface area contributed by atoms with Gasteiger partial charge in [-0.05, 0) is 25.8 Å². The van der Waals surface area contributed by atoms with Gasteiger partial charge >= 0.3 is 5.97 Å². The molecule has 86 valence electrons. The number of carbonyl (C=O) groups is 1. The van der Waals surface area contributed by atoms with Gasteiger partial charge in [-0.15, -0.1) is 11.3 Å². The number of hydrogen-bond acceptors (Lipinski definition) is 3. The van der Waals surface area contributed by atoms with E-state index in [-0.39, 0.29) is 0 Å². The maximum absolute atomic E-state index is 10.4. The van der Waals surface area contributed by atoms with Crippen molar-refractivity contribution in [1.82, 2.24) is 4.98 Å². The first kappa shape index (κ1) is 11.3. The quantitative estimate of drug-likeness (QED) is 0.821. The molecule has 1 fully saturated rings. The zero-order valence-corrected chi connectivity index (χ0v) is 10.1. The van der Waals surface area contributed by atoms with Crippen LogP contribution >= 0.6 is 11.3 Å². The van der Waals surface area contributed by atoms with Gasteiger partial charge in [0.2, 0.25) is 0 Å². The van der Waals surface area contributed by atoms with Crippen LogP contribution in [0.4, 0.5) is 0 Å². The predicted octanol–water partition coefficient (Wildman–Crippen LogP) is 3.21. The Hall–Kier alpha value is -1.16. The Bertz CT molecular complexity index is 417. The van der Waals surface area contributed by atoms with Crippen molar-refractivity contribution in [3.63, 3.8) is 0 Å². The van der Waals surface area contributed by atoms with E-state index in [0.717, 1.165) is 11.1 Å². The molecule has 1 heterocycles. The second-order valence-electron chi connectivity index (χ2n) is 4.15. The zero-order chi connectivity index (χ0) is 11.5. The fourth-order valence-corrected chi connectivity index (χ4v) is 3.13. The standard InChI is InChI=1S/C12H15NO2S/c1-8-12(9-4-2-3-5-9)13-10(16-8)6-7-11(14)15/h6-7,9H,2-5H2,1H3,(H,14,15)/b7-6+. The molecule has 1 aromatic heterocycles. The number of carboxylic acid groups (broad SMARTS) is 1. The van der Waals surface area contributed by atoms with Crippen LogP contribution in [0.15, 0.2) is 6.08 Å². The molecule has 1 N–H and O–H groups in total. The third-order valence-corrected chi connectivity index (χ3v) is 3.91. The monoisotopic (exact) mass is 237 g/mol. The molecule has 0 aliphatic heterocycles. The molecular weight excluding hydrogens is 222 g/mol. The maximum Gasteiger partial charge on any atom is 0.328 e. The number of nitrogens with zero attached hydrogens (tertiary/aromatic N) is 1. The van der Waals surface area contributed by atoms with Crippen LogP contribution in [0.25, 0.3) is 6.08 Å². The summed E-state index contributed by atoms with van der Waals surface area (Å²) in [4.78, 5) is 16.2. The summed E-state index contributed by atoms with van der Waals surface area (Å²) >= 11 is 1.58. The minimum atomic E-state index is -0.921. The Morgan fingerprint density at radius 3 is 2.81 bits per heavy atom. The average molecular weight is 237 g/mol. The van der Waals surface area contributed by atoms with Crippen molar-refractivity contribution in [2.24, 2.45) is 0 Å². The minimum absolute atomic E-state index is 0.600. The lowest BCUT2D eigenvalue weighted by molar-refractivity contribution is -0.131. The molecule has 1 aliphatic carbocycles. The van der Waals surface area contributed by atoms with Crippen LogP contribution in [0.2, 0.25) is 0 Å². The van der Waals surface area contributed by atoms with Crippen LogP contribution in [0.3, 0.4) is 0 Å². The number of aromatic nitrogens is 1. The van der Waals surface area contributed by atoms with Crippen molar-refractivity contribution in [2.45, 2.75) is 38.5 Å². The molecule has 1 aromatic rings. The average Bonchev–Trinajstić information content (AvgIpc) is 2.83. The number of aryl methyl sites for hydroxylation is 1. The van der Waals surface area contributed by atoms with Crippen molar-refractivity contribution >= 4 is 23.4 Å². The van der Waals surface area contributed by atoms with E-state index in [1.54, 1.807) is 17.4 Å². The first-order valence-corrected chi connectivity index (χ1v) is 6.37. The van der Waals surface area contributed by atoms with Gasteiger partial charge in [0.15, 0.2) is 0 Å². The molecule has 1 aliphatic rings. The molecule has 0 radical (unpaired) electrons. The van der Waals surface area contributed by atoms with Crippen LogP contribution in [-0.4, -0.2) is 16.1 Å². The molecule has 0 spiro atoms. The van der Waals surface area contributed by atoms with Crippen LogP contribution in [-0.2, 0) is 4.79 Å². The highest BCUT2D eigenvalue weighted by molar-refractivity contribution is 7.12. The van der Waals surface area contributed by atoms with Crippen LogP contribution in [0.1, 0.15) is 47.2 Å². The van der Waals surface area contributed by atoms with Gasteiger partial charge < -0.3 is 5.11 Å². The summed E-state index contributed by atoms with van der Waals surface area (Å²) in [5, 5.41) is 9.36. The summed E-state index contributed by atoms with van der Waals surface area (Å²) in [7, 11) is 0. The third kappa shape index (κ3) is 2.50. The zero-order valence-electron chi connectivity index (χ0n) is 9.27. The van der Waals surface area contributed by atoms with Crippen molar-refractivity contribution in [2.75, 3.05) is 0 Å². The van der Waals surface area contributed by atoms with Gasteiger partial charge in [0.05, 0.1) is 5.69 Å². The van der Waals surface area contributed by atoms with Gasteiger partial charge in [-0.25, -0.2) is 9.78 Å². The molecule has 0 bridgehead atoms. The van der Waals surface area contributed by atoms with E-state index >= 15 is 0 Å². The van der Waals surface area contributed by atoms with E-state index in [9.17, 15) is 4.79 Å². The van der Waals surface area contributed by atoms with Crippen molar-refractivity contribution < 1.29 is 9.90 Å². The van der Waals surface area contributed by atoms with Gasteiger partial charge in [-0.2, -0.15) is 0 Å². The molecule has 0 saturated heterocycles. The lowest BCUT2D eigenvalue weighted by atomic mass is 10.0.